The minimum atomic E-state index is 0.771. The first-order chi connectivity index (χ1) is 7.77. The van der Waals surface area contributed by atoms with Crippen molar-refractivity contribution in [1.29, 1.82) is 0 Å². The van der Waals surface area contributed by atoms with E-state index in [1.165, 1.54) is 45.1 Å². The summed E-state index contributed by atoms with van der Waals surface area (Å²) in [4.78, 5) is 0. The van der Waals surface area contributed by atoms with E-state index in [9.17, 15) is 0 Å². The summed E-state index contributed by atoms with van der Waals surface area (Å²) in [7, 11) is 1.80. The molecule has 1 N–H and O–H groups in total. The molecule has 2 heteroatoms. The molecular formula is C14H29NO. The number of methoxy groups -OCH3 is 1. The molecule has 0 saturated heterocycles. The Kier molecular flexibility index (Phi) is 7.06. The van der Waals surface area contributed by atoms with Crippen LogP contribution >= 0.6 is 0 Å². The third kappa shape index (κ3) is 4.84. The van der Waals surface area contributed by atoms with Crippen molar-refractivity contribution in [2.45, 2.75) is 58.4 Å². The molecule has 0 amide bonds. The number of rotatable bonds is 7. The van der Waals surface area contributed by atoms with Crippen LogP contribution < -0.4 is 5.32 Å². The second-order valence-electron chi connectivity index (χ2n) is 5.37. The maximum Gasteiger partial charge on any atom is 0.0462 e. The number of ether oxygens (including phenoxy) is 1. The number of nitrogens with one attached hydrogen (secondary N) is 1. The molecule has 0 spiro atoms. The predicted molar refractivity (Wildman–Crippen MR) is 69.7 cm³/mol. The van der Waals surface area contributed by atoms with Crippen LogP contribution in [0.3, 0.4) is 0 Å². The molecule has 1 aliphatic rings. The maximum absolute atomic E-state index is 5.16. The minimum Gasteiger partial charge on any atom is -0.385 e. The predicted octanol–water partition coefficient (Wildman–Crippen LogP) is 3.22. The molecule has 96 valence electrons. The van der Waals surface area contributed by atoms with Crippen molar-refractivity contribution >= 4 is 0 Å². The SMILES string of the molecule is CCCNC1CCC(C)CC1CCCOC. The monoisotopic (exact) mass is 227 g/mol. The minimum absolute atomic E-state index is 0.771. The molecule has 0 aromatic rings. The zero-order chi connectivity index (χ0) is 11.8. The van der Waals surface area contributed by atoms with Gasteiger partial charge in [0.15, 0.2) is 0 Å². The second kappa shape index (κ2) is 8.08. The molecular weight excluding hydrogens is 198 g/mol. The zero-order valence-corrected chi connectivity index (χ0v) is 11.3. The summed E-state index contributed by atoms with van der Waals surface area (Å²) >= 11 is 0. The first-order valence-corrected chi connectivity index (χ1v) is 7.00. The van der Waals surface area contributed by atoms with E-state index in [4.69, 9.17) is 4.74 Å². The van der Waals surface area contributed by atoms with Gasteiger partial charge in [0.05, 0.1) is 0 Å². The van der Waals surface area contributed by atoms with Crippen LogP contribution in [0.1, 0.15) is 52.4 Å². The summed E-state index contributed by atoms with van der Waals surface area (Å²) in [5.74, 6) is 1.80. The topological polar surface area (TPSA) is 21.3 Å². The molecule has 0 aromatic heterocycles. The van der Waals surface area contributed by atoms with Crippen LogP contribution in [0, 0.1) is 11.8 Å². The highest BCUT2D eigenvalue weighted by atomic mass is 16.5. The van der Waals surface area contributed by atoms with Crippen molar-refractivity contribution in [2.75, 3.05) is 20.3 Å². The molecule has 0 radical (unpaired) electrons. The molecule has 0 aliphatic heterocycles. The van der Waals surface area contributed by atoms with Gasteiger partial charge in [0.1, 0.15) is 0 Å². The average molecular weight is 227 g/mol. The smallest absolute Gasteiger partial charge is 0.0462 e. The van der Waals surface area contributed by atoms with Gasteiger partial charge in [0, 0.05) is 19.8 Å². The van der Waals surface area contributed by atoms with E-state index in [1.54, 1.807) is 7.11 Å². The molecule has 0 aromatic carbocycles. The molecule has 0 heterocycles. The highest BCUT2D eigenvalue weighted by Gasteiger charge is 2.27. The van der Waals surface area contributed by atoms with Crippen LogP contribution in [0.4, 0.5) is 0 Å². The lowest BCUT2D eigenvalue weighted by Crippen LogP contribution is -2.40. The molecule has 1 fully saturated rings. The van der Waals surface area contributed by atoms with E-state index in [0.717, 1.165) is 24.5 Å². The van der Waals surface area contributed by atoms with Gasteiger partial charge in [-0.1, -0.05) is 13.8 Å². The molecule has 16 heavy (non-hydrogen) atoms. The first-order valence-electron chi connectivity index (χ1n) is 7.00. The van der Waals surface area contributed by atoms with Gasteiger partial charge in [-0.2, -0.15) is 0 Å². The Morgan fingerprint density at radius 1 is 1.31 bits per heavy atom. The lowest BCUT2D eigenvalue weighted by Gasteiger charge is -2.35. The molecule has 3 atom stereocenters. The maximum atomic E-state index is 5.16. The van der Waals surface area contributed by atoms with E-state index in [2.05, 4.69) is 19.2 Å². The van der Waals surface area contributed by atoms with Gasteiger partial charge in [0.25, 0.3) is 0 Å². The van der Waals surface area contributed by atoms with Crippen molar-refractivity contribution in [3.8, 4) is 0 Å². The Balaban J connectivity index is 2.32. The van der Waals surface area contributed by atoms with E-state index in [-0.39, 0.29) is 0 Å². The Hall–Kier alpha value is -0.0800. The lowest BCUT2D eigenvalue weighted by molar-refractivity contribution is 0.159. The lowest BCUT2D eigenvalue weighted by atomic mass is 9.76. The molecule has 2 nitrogen and oxygen atoms in total. The van der Waals surface area contributed by atoms with Gasteiger partial charge in [-0.05, 0) is 56.9 Å². The summed E-state index contributed by atoms with van der Waals surface area (Å²) in [6.07, 6.45) is 7.99. The third-order valence-corrected chi connectivity index (χ3v) is 3.82. The summed E-state index contributed by atoms with van der Waals surface area (Å²) in [6, 6.07) is 0.771. The molecule has 1 saturated carbocycles. The summed E-state index contributed by atoms with van der Waals surface area (Å²) < 4.78 is 5.16. The fourth-order valence-corrected chi connectivity index (χ4v) is 2.91. The van der Waals surface area contributed by atoms with Gasteiger partial charge in [-0.3, -0.25) is 0 Å². The molecule has 1 rings (SSSR count). The molecule has 0 bridgehead atoms. The van der Waals surface area contributed by atoms with Crippen LogP contribution in [-0.4, -0.2) is 26.3 Å². The van der Waals surface area contributed by atoms with Crippen LogP contribution in [0.15, 0.2) is 0 Å². The largest absolute Gasteiger partial charge is 0.385 e. The number of hydrogen-bond acceptors (Lipinski definition) is 2. The second-order valence-corrected chi connectivity index (χ2v) is 5.37. The van der Waals surface area contributed by atoms with Crippen molar-refractivity contribution in [2.24, 2.45) is 11.8 Å². The van der Waals surface area contributed by atoms with Crippen molar-refractivity contribution in [3.63, 3.8) is 0 Å². The number of hydrogen-bond donors (Lipinski definition) is 1. The standard InChI is InChI=1S/C14H29NO/c1-4-9-15-14-8-7-12(2)11-13(14)6-5-10-16-3/h12-15H,4-11H2,1-3H3. The summed E-state index contributed by atoms with van der Waals surface area (Å²) in [5.41, 5.74) is 0. The third-order valence-electron chi connectivity index (χ3n) is 3.82. The van der Waals surface area contributed by atoms with Gasteiger partial charge in [-0.25, -0.2) is 0 Å². The highest BCUT2D eigenvalue weighted by molar-refractivity contribution is 4.83. The summed E-state index contributed by atoms with van der Waals surface area (Å²) in [6.45, 7) is 6.75. The van der Waals surface area contributed by atoms with E-state index < -0.39 is 0 Å². The van der Waals surface area contributed by atoms with Crippen LogP contribution in [0.5, 0.6) is 0 Å². The van der Waals surface area contributed by atoms with E-state index in [0.29, 0.717) is 0 Å². The Bertz CT molecular complexity index is 170. The first kappa shape index (κ1) is 14.0. The molecule has 3 unspecified atom stereocenters. The normalized spacial score (nSPS) is 30.6. The van der Waals surface area contributed by atoms with Crippen LogP contribution in [0.25, 0.3) is 0 Å². The van der Waals surface area contributed by atoms with Gasteiger partial charge < -0.3 is 10.1 Å². The van der Waals surface area contributed by atoms with Crippen molar-refractivity contribution in [3.05, 3.63) is 0 Å². The Morgan fingerprint density at radius 2 is 2.12 bits per heavy atom. The van der Waals surface area contributed by atoms with Gasteiger partial charge in [-0.15, -0.1) is 0 Å². The fraction of sp³-hybridized carbons (Fsp3) is 1.00. The fourth-order valence-electron chi connectivity index (χ4n) is 2.91. The van der Waals surface area contributed by atoms with Gasteiger partial charge in [0.2, 0.25) is 0 Å². The van der Waals surface area contributed by atoms with Crippen LogP contribution in [0.2, 0.25) is 0 Å². The Morgan fingerprint density at radius 3 is 2.81 bits per heavy atom. The van der Waals surface area contributed by atoms with Crippen LogP contribution in [-0.2, 0) is 4.74 Å². The van der Waals surface area contributed by atoms with Crippen molar-refractivity contribution in [1.82, 2.24) is 5.32 Å². The molecule has 1 aliphatic carbocycles. The van der Waals surface area contributed by atoms with E-state index in [1.807, 2.05) is 0 Å². The highest BCUT2D eigenvalue weighted by Crippen LogP contribution is 2.31. The van der Waals surface area contributed by atoms with Gasteiger partial charge >= 0.3 is 0 Å². The van der Waals surface area contributed by atoms with Crippen molar-refractivity contribution < 1.29 is 4.74 Å². The zero-order valence-electron chi connectivity index (χ0n) is 11.3. The Labute approximate surface area is 101 Å². The summed E-state index contributed by atoms with van der Waals surface area (Å²) in [5, 5.41) is 3.73. The average Bonchev–Trinajstić information content (AvgIpc) is 2.28. The quantitative estimate of drug-likeness (QED) is 0.674. The van der Waals surface area contributed by atoms with E-state index >= 15 is 0 Å².